The fourth-order valence-corrected chi connectivity index (χ4v) is 11.5. The van der Waals surface area contributed by atoms with Crippen LogP contribution in [0.3, 0.4) is 0 Å². The smallest absolute Gasteiger partial charge is 0.135 e. The van der Waals surface area contributed by atoms with Crippen LogP contribution in [0, 0.1) is 18.8 Å². The number of para-hydroxylation sites is 3. The molecule has 0 fully saturated rings. The summed E-state index contributed by atoms with van der Waals surface area (Å²) in [5, 5.41) is 2.20. The Morgan fingerprint density at radius 2 is 0.951 bits per heavy atom. The molecule has 3 heterocycles. The fourth-order valence-electron chi connectivity index (χ4n) is 11.5. The van der Waals surface area contributed by atoms with Crippen LogP contribution in [0.1, 0.15) is 105 Å². The van der Waals surface area contributed by atoms with E-state index in [0.717, 1.165) is 83.8 Å². The van der Waals surface area contributed by atoms with E-state index in [0.29, 0.717) is 11.5 Å². The molecule has 0 spiro atoms. The van der Waals surface area contributed by atoms with E-state index in [1.165, 1.54) is 33.4 Å². The number of pyridine rings is 1. The third-order valence-electron chi connectivity index (χ3n) is 15.9. The summed E-state index contributed by atoms with van der Waals surface area (Å²) in [6, 6.07) is 79.7. The van der Waals surface area contributed by atoms with Gasteiger partial charge in [-0.15, -0.1) is 48.1 Å². The van der Waals surface area contributed by atoms with Crippen molar-refractivity contribution in [3.63, 3.8) is 0 Å². The summed E-state index contributed by atoms with van der Waals surface area (Å²) in [7, 11) is 0. The van der Waals surface area contributed by atoms with Gasteiger partial charge >= 0.3 is 0 Å². The van der Waals surface area contributed by atoms with E-state index < -0.39 is 0 Å². The largest absolute Gasteiger partial charge is 0.509 e. The van der Waals surface area contributed by atoms with Gasteiger partial charge in [0.15, 0.2) is 0 Å². The van der Waals surface area contributed by atoms with Gasteiger partial charge in [-0.1, -0.05) is 222 Å². The Balaban J connectivity index is 0.00000705. The van der Waals surface area contributed by atoms with E-state index in [9.17, 15) is 0 Å². The molecule has 0 unspecified atom stereocenters. The van der Waals surface area contributed by atoms with Crippen molar-refractivity contribution < 1.29 is 25.8 Å². The van der Waals surface area contributed by atoms with Crippen LogP contribution >= 0.6 is 0 Å². The van der Waals surface area contributed by atoms with Gasteiger partial charge in [-0.3, -0.25) is 0 Å². The molecule has 5 nitrogen and oxygen atoms in total. The summed E-state index contributed by atoms with van der Waals surface area (Å²) in [6.07, 6.45) is 2.03. The topological polar surface area (TPSA) is 33.5 Å². The Hall–Kier alpha value is -7.98. The second-order valence-electron chi connectivity index (χ2n) is 25.9. The molecule has 82 heavy (non-hydrogen) atoms. The van der Waals surface area contributed by atoms with E-state index >= 15 is 0 Å². The van der Waals surface area contributed by atoms with Crippen molar-refractivity contribution in [1.82, 2.24) is 9.55 Å². The predicted molar refractivity (Wildman–Crippen MR) is 341 cm³/mol. The zero-order valence-corrected chi connectivity index (χ0v) is 51.5. The minimum atomic E-state index is -0.141. The molecule has 9 aromatic carbocycles. The summed E-state index contributed by atoms with van der Waals surface area (Å²) < 4.78 is 9.04. The van der Waals surface area contributed by atoms with Gasteiger partial charge in [0.2, 0.25) is 0 Å². The number of ether oxygens (including phenoxy) is 1. The van der Waals surface area contributed by atoms with E-state index in [1.807, 2.05) is 24.4 Å². The molecule has 1 aliphatic heterocycles. The summed E-state index contributed by atoms with van der Waals surface area (Å²) >= 11 is 0. The second kappa shape index (κ2) is 21.4. The maximum Gasteiger partial charge on any atom is 0.135 e. The monoisotopic (exact) mass is 1250 g/mol. The van der Waals surface area contributed by atoms with Crippen LogP contribution < -0.4 is 14.5 Å². The molecule has 414 valence electrons. The van der Waals surface area contributed by atoms with E-state index in [-0.39, 0.29) is 42.7 Å². The first kappa shape index (κ1) is 55.9. The molecule has 6 heteroatoms. The molecular weight excluding hydrogens is 1180 g/mol. The SMILES string of the molecule is CC(C)(C)c1cc(-c2ccccc2)c(N2[CH-]N(c3[c-]c(Oc4[c-]c5c(cc4)c4ccccc4n5-c4cc(C(C)(C)C)c(-c5ccccc5)cn4)ccc3)c3ccccc32)c(-c2ccc(-c3ccc(C(C)(C)C)cc3C(C)(C)C)cc2)c1.[Pt]. The maximum absolute atomic E-state index is 6.82. The second-order valence-corrected chi connectivity index (χ2v) is 25.9. The van der Waals surface area contributed by atoms with Crippen molar-refractivity contribution in [1.29, 1.82) is 0 Å². The zero-order chi connectivity index (χ0) is 56.6. The van der Waals surface area contributed by atoms with Crippen molar-refractivity contribution in [2.75, 3.05) is 9.80 Å². The standard InChI is InChI=1S/C76H71N4O.Pt/c1-73(2,3)54-38-40-59(65(44-54)75(7,8)9)52-34-36-53(37-35-52)63-43-55(74(4,5)6)42-62(50-24-15-13-16-25-50)72(63)79-49-78(68-32-21-22-33-69(68)79)56-28-23-29-57(45-56)81-58-39-41-61-60-30-19-20-31-67(60)80(70(61)46-58)71-47-66(76(10,11)12)64(48-77-71)51-26-17-14-18-27-51;/h13-44,47-49H,1-12H3;/q-3;. The Morgan fingerprint density at radius 3 is 1.57 bits per heavy atom. The number of aromatic nitrogens is 2. The molecule has 0 bridgehead atoms. The van der Waals surface area contributed by atoms with Gasteiger partial charge in [-0.05, 0) is 114 Å². The van der Waals surface area contributed by atoms with Crippen molar-refractivity contribution in [2.24, 2.45) is 0 Å². The molecule has 0 saturated carbocycles. The Bertz CT molecular complexity index is 4150. The molecular formula is C76H71N4OPt-3. The minimum absolute atomic E-state index is 0. The molecule has 0 amide bonds. The molecule has 0 N–H and O–H groups in total. The van der Waals surface area contributed by atoms with Gasteiger partial charge in [-0.2, -0.15) is 12.1 Å². The molecule has 0 atom stereocenters. The number of fused-ring (bicyclic) bond motifs is 4. The zero-order valence-electron chi connectivity index (χ0n) is 49.2. The molecule has 11 aromatic rings. The average molecular weight is 1250 g/mol. The number of rotatable bonds is 9. The van der Waals surface area contributed by atoms with Crippen molar-refractivity contribution in [3.05, 3.63) is 247 Å². The van der Waals surface area contributed by atoms with Crippen molar-refractivity contribution >= 4 is 44.6 Å². The maximum atomic E-state index is 6.82. The molecule has 1 aliphatic rings. The molecule has 0 aliphatic carbocycles. The van der Waals surface area contributed by atoms with Crippen LogP contribution in [0.4, 0.5) is 22.7 Å². The summed E-state index contributed by atoms with van der Waals surface area (Å²) in [4.78, 5) is 9.78. The third kappa shape index (κ3) is 10.6. The first-order chi connectivity index (χ1) is 38.7. The van der Waals surface area contributed by atoms with Crippen LogP contribution in [-0.4, -0.2) is 9.55 Å². The molecule has 0 saturated heterocycles. The molecule has 12 rings (SSSR count). The van der Waals surface area contributed by atoms with Crippen LogP contribution in [-0.2, 0) is 42.7 Å². The quantitative estimate of drug-likeness (QED) is 0.135. The number of hydrogen-bond donors (Lipinski definition) is 0. The summed E-state index contributed by atoms with van der Waals surface area (Å²) in [6.45, 7) is 29.8. The number of benzene rings is 9. The number of anilines is 4. The predicted octanol–water partition coefficient (Wildman–Crippen LogP) is 20.8. The van der Waals surface area contributed by atoms with Gasteiger partial charge < -0.3 is 19.1 Å². The Kier molecular flexibility index (Phi) is 14.6. The molecule has 0 radical (unpaired) electrons. The Morgan fingerprint density at radius 1 is 0.415 bits per heavy atom. The van der Waals surface area contributed by atoms with Gasteiger partial charge in [0.25, 0.3) is 0 Å². The van der Waals surface area contributed by atoms with E-state index in [1.54, 1.807) is 0 Å². The normalized spacial score (nSPS) is 12.9. The van der Waals surface area contributed by atoms with E-state index in [4.69, 9.17) is 9.72 Å². The number of hydrogen-bond acceptors (Lipinski definition) is 4. The Labute approximate surface area is 500 Å². The van der Waals surface area contributed by atoms with Crippen molar-refractivity contribution in [3.8, 4) is 61.8 Å². The average Bonchev–Trinajstić information content (AvgIpc) is 3.24. The van der Waals surface area contributed by atoms with Gasteiger partial charge in [0.1, 0.15) is 5.82 Å². The fraction of sp³-hybridized carbons (Fsp3) is 0.211. The third-order valence-corrected chi connectivity index (χ3v) is 15.9. The van der Waals surface area contributed by atoms with Gasteiger partial charge in [0, 0.05) is 78.0 Å². The first-order valence-corrected chi connectivity index (χ1v) is 28.4. The van der Waals surface area contributed by atoms with Crippen LogP contribution in [0.5, 0.6) is 11.5 Å². The van der Waals surface area contributed by atoms with Crippen LogP contribution in [0.15, 0.2) is 206 Å². The molecule has 2 aromatic heterocycles. The van der Waals surface area contributed by atoms with Crippen LogP contribution in [0.25, 0.3) is 72.1 Å². The number of nitrogens with zero attached hydrogens (tertiary/aromatic N) is 4. The van der Waals surface area contributed by atoms with Crippen LogP contribution in [0.2, 0.25) is 0 Å². The minimum Gasteiger partial charge on any atom is -0.509 e. The summed E-state index contributed by atoms with van der Waals surface area (Å²) in [5.41, 5.74) is 20.3. The summed E-state index contributed by atoms with van der Waals surface area (Å²) in [5.74, 6) is 2.00. The van der Waals surface area contributed by atoms with Gasteiger partial charge in [0.05, 0.1) is 0 Å². The van der Waals surface area contributed by atoms with Gasteiger partial charge in [-0.25, -0.2) is 4.98 Å². The van der Waals surface area contributed by atoms with Crippen molar-refractivity contribution in [2.45, 2.75) is 105 Å². The first-order valence-electron chi connectivity index (χ1n) is 28.4. The van der Waals surface area contributed by atoms with E-state index in [2.05, 4.69) is 298 Å².